The third kappa shape index (κ3) is 3.50. The van der Waals surface area contributed by atoms with Crippen LogP contribution >= 0.6 is 11.3 Å². The minimum Gasteiger partial charge on any atom is -0.392 e. The molecule has 2 aromatic rings. The maximum atomic E-state index is 12.4. The lowest BCUT2D eigenvalue weighted by atomic mass is 9.92. The smallest absolute Gasteiger partial charge is 0.237 e. The number of carbonyl (C=O) groups is 1. The molecule has 1 amide bonds. The third-order valence-corrected chi connectivity index (χ3v) is 5.45. The standard InChI is InChI=1S/C18H23N3O2S/c1-11-16(24-10-20-11)12-4-6-13(7-5-12)18(2,3)21-17(23)15-8-14(22)9-19-15/h4-7,10,14-15,19,22H,8-9H2,1-3H3,(H,21,23)/t14-,15+/m1/s1. The number of benzene rings is 1. The fraction of sp³-hybridized carbons (Fsp3) is 0.444. The van der Waals surface area contributed by atoms with Gasteiger partial charge in [0, 0.05) is 6.54 Å². The molecule has 0 aliphatic carbocycles. The van der Waals surface area contributed by atoms with Crippen molar-refractivity contribution in [2.24, 2.45) is 0 Å². The second kappa shape index (κ2) is 6.63. The number of aliphatic hydroxyl groups is 1. The largest absolute Gasteiger partial charge is 0.392 e. The number of carbonyl (C=O) groups excluding carboxylic acids is 1. The Kier molecular flexibility index (Phi) is 4.71. The maximum Gasteiger partial charge on any atom is 0.237 e. The van der Waals surface area contributed by atoms with E-state index in [1.165, 1.54) is 4.88 Å². The molecule has 0 spiro atoms. The summed E-state index contributed by atoms with van der Waals surface area (Å²) in [7, 11) is 0. The van der Waals surface area contributed by atoms with Crippen molar-refractivity contribution in [2.75, 3.05) is 6.54 Å². The highest BCUT2D eigenvalue weighted by molar-refractivity contribution is 7.13. The average molecular weight is 345 g/mol. The van der Waals surface area contributed by atoms with Gasteiger partial charge in [0.25, 0.3) is 0 Å². The molecule has 5 nitrogen and oxygen atoms in total. The van der Waals surface area contributed by atoms with Crippen molar-refractivity contribution in [2.45, 2.75) is 44.9 Å². The van der Waals surface area contributed by atoms with Gasteiger partial charge in [0.05, 0.1) is 33.8 Å². The van der Waals surface area contributed by atoms with E-state index in [-0.39, 0.29) is 11.9 Å². The molecule has 1 aliphatic rings. The minimum absolute atomic E-state index is 0.0704. The fourth-order valence-electron chi connectivity index (χ4n) is 3.00. The molecule has 0 bridgehead atoms. The van der Waals surface area contributed by atoms with E-state index in [0.29, 0.717) is 13.0 Å². The quantitative estimate of drug-likeness (QED) is 0.794. The number of β-amino-alcohol motifs (C(OH)–C–C–N with tert-alkyl or cyclic N) is 1. The van der Waals surface area contributed by atoms with E-state index in [0.717, 1.165) is 16.8 Å². The van der Waals surface area contributed by atoms with Crippen LogP contribution in [-0.4, -0.2) is 34.7 Å². The Morgan fingerprint density at radius 2 is 2.08 bits per heavy atom. The number of hydrogen-bond acceptors (Lipinski definition) is 5. The van der Waals surface area contributed by atoms with E-state index >= 15 is 0 Å². The molecule has 0 radical (unpaired) electrons. The van der Waals surface area contributed by atoms with Crippen molar-refractivity contribution in [3.05, 3.63) is 41.0 Å². The van der Waals surface area contributed by atoms with E-state index in [2.05, 4.69) is 27.8 Å². The summed E-state index contributed by atoms with van der Waals surface area (Å²) >= 11 is 1.63. The van der Waals surface area contributed by atoms with E-state index in [1.54, 1.807) is 11.3 Å². The highest BCUT2D eigenvalue weighted by Crippen LogP contribution is 2.29. The minimum atomic E-state index is -0.479. The van der Waals surface area contributed by atoms with E-state index in [4.69, 9.17) is 0 Å². The van der Waals surface area contributed by atoms with Gasteiger partial charge in [-0.1, -0.05) is 24.3 Å². The molecule has 1 aromatic heterocycles. The van der Waals surface area contributed by atoms with Gasteiger partial charge in [-0.2, -0.15) is 0 Å². The van der Waals surface area contributed by atoms with Gasteiger partial charge < -0.3 is 15.7 Å². The molecule has 0 unspecified atom stereocenters. The van der Waals surface area contributed by atoms with Crippen LogP contribution in [0.15, 0.2) is 29.8 Å². The van der Waals surface area contributed by atoms with E-state index < -0.39 is 11.6 Å². The normalized spacial score (nSPS) is 21.0. The Morgan fingerprint density at radius 1 is 1.38 bits per heavy atom. The molecular weight excluding hydrogens is 322 g/mol. The Bertz CT molecular complexity index is 724. The van der Waals surface area contributed by atoms with Crippen LogP contribution in [0.2, 0.25) is 0 Å². The van der Waals surface area contributed by atoms with Crippen molar-refractivity contribution < 1.29 is 9.90 Å². The second-order valence-electron chi connectivity index (χ2n) is 6.81. The number of thiazole rings is 1. The molecule has 6 heteroatoms. The average Bonchev–Trinajstić information content (AvgIpc) is 3.15. The first-order chi connectivity index (χ1) is 11.4. The zero-order valence-corrected chi connectivity index (χ0v) is 15.0. The second-order valence-corrected chi connectivity index (χ2v) is 7.66. The van der Waals surface area contributed by atoms with Crippen molar-refractivity contribution in [1.29, 1.82) is 0 Å². The van der Waals surface area contributed by atoms with E-state index in [1.807, 2.05) is 38.4 Å². The molecular formula is C18H23N3O2S. The van der Waals surface area contributed by atoms with Gasteiger partial charge >= 0.3 is 0 Å². The summed E-state index contributed by atoms with van der Waals surface area (Å²) in [5.74, 6) is -0.0704. The lowest BCUT2D eigenvalue weighted by Crippen LogP contribution is -2.48. The van der Waals surface area contributed by atoms with Crippen molar-refractivity contribution in [3.63, 3.8) is 0 Å². The maximum absolute atomic E-state index is 12.4. The number of aromatic nitrogens is 1. The Balaban J connectivity index is 1.72. The fourth-order valence-corrected chi connectivity index (χ4v) is 3.81. The van der Waals surface area contributed by atoms with Gasteiger partial charge in [-0.25, -0.2) is 4.98 Å². The Morgan fingerprint density at radius 3 is 2.62 bits per heavy atom. The van der Waals surface area contributed by atoms with Crippen LogP contribution < -0.4 is 10.6 Å². The highest BCUT2D eigenvalue weighted by atomic mass is 32.1. The van der Waals surface area contributed by atoms with Crippen molar-refractivity contribution >= 4 is 17.2 Å². The van der Waals surface area contributed by atoms with Gasteiger partial charge in [0.2, 0.25) is 5.91 Å². The summed E-state index contributed by atoms with van der Waals surface area (Å²) in [5.41, 5.74) is 4.59. The molecule has 0 saturated carbocycles. The SMILES string of the molecule is Cc1ncsc1-c1ccc(C(C)(C)NC(=O)[C@@H]2C[C@@H](O)CN2)cc1. The van der Waals surface area contributed by atoms with Gasteiger partial charge in [0.15, 0.2) is 0 Å². The zero-order chi connectivity index (χ0) is 17.3. The molecule has 3 rings (SSSR count). The number of hydrogen-bond donors (Lipinski definition) is 3. The van der Waals surface area contributed by atoms with Gasteiger partial charge in [0.1, 0.15) is 0 Å². The first-order valence-corrected chi connectivity index (χ1v) is 8.99. The van der Waals surface area contributed by atoms with Crippen LogP contribution in [-0.2, 0) is 10.3 Å². The Labute approximate surface area is 146 Å². The molecule has 1 aliphatic heterocycles. The summed E-state index contributed by atoms with van der Waals surface area (Å²) in [5, 5.41) is 15.7. The monoisotopic (exact) mass is 345 g/mol. The van der Waals surface area contributed by atoms with Crippen LogP contribution in [0, 0.1) is 6.92 Å². The van der Waals surface area contributed by atoms with Crippen LogP contribution in [0.3, 0.4) is 0 Å². The first kappa shape index (κ1) is 17.1. The summed E-state index contributed by atoms with van der Waals surface area (Å²) in [4.78, 5) is 17.8. The molecule has 1 fully saturated rings. The predicted octanol–water partition coefficient (Wildman–Crippen LogP) is 2.19. The number of aryl methyl sites for hydroxylation is 1. The van der Waals surface area contributed by atoms with Crippen LogP contribution in [0.25, 0.3) is 10.4 Å². The summed E-state index contributed by atoms with van der Waals surface area (Å²) in [6.45, 7) is 6.46. The third-order valence-electron chi connectivity index (χ3n) is 4.47. The van der Waals surface area contributed by atoms with Gasteiger partial charge in [-0.3, -0.25) is 4.79 Å². The summed E-state index contributed by atoms with van der Waals surface area (Å²) < 4.78 is 0. The molecule has 2 atom stereocenters. The van der Waals surface area contributed by atoms with Crippen LogP contribution in [0.1, 0.15) is 31.5 Å². The molecule has 3 N–H and O–H groups in total. The summed E-state index contributed by atoms with van der Waals surface area (Å²) in [6, 6.07) is 7.92. The molecule has 1 saturated heterocycles. The lowest BCUT2D eigenvalue weighted by molar-refractivity contribution is -0.124. The summed E-state index contributed by atoms with van der Waals surface area (Å²) in [6.07, 6.45) is 0.0247. The molecule has 2 heterocycles. The van der Waals surface area contributed by atoms with E-state index in [9.17, 15) is 9.90 Å². The van der Waals surface area contributed by atoms with Crippen molar-refractivity contribution in [1.82, 2.24) is 15.6 Å². The number of rotatable bonds is 4. The Hall–Kier alpha value is -1.76. The molecule has 128 valence electrons. The number of amides is 1. The van der Waals surface area contributed by atoms with Crippen molar-refractivity contribution in [3.8, 4) is 10.4 Å². The molecule has 1 aromatic carbocycles. The van der Waals surface area contributed by atoms with Crippen LogP contribution in [0.4, 0.5) is 0 Å². The molecule has 24 heavy (non-hydrogen) atoms. The van der Waals surface area contributed by atoms with Gasteiger partial charge in [-0.05, 0) is 38.3 Å². The highest BCUT2D eigenvalue weighted by Gasteiger charge is 2.32. The van der Waals surface area contributed by atoms with Gasteiger partial charge in [-0.15, -0.1) is 11.3 Å². The lowest BCUT2D eigenvalue weighted by Gasteiger charge is -2.28. The number of nitrogens with one attached hydrogen (secondary N) is 2. The number of nitrogens with zero attached hydrogens (tertiary/aromatic N) is 1. The number of aliphatic hydroxyl groups excluding tert-OH is 1. The predicted molar refractivity (Wildman–Crippen MR) is 95.9 cm³/mol. The first-order valence-electron chi connectivity index (χ1n) is 8.11. The topological polar surface area (TPSA) is 74.2 Å². The van der Waals surface area contributed by atoms with Crippen LogP contribution in [0.5, 0.6) is 0 Å². The zero-order valence-electron chi connectivity index (χ0n) is 14.2.